The number of rotatable bonds is 9. The Morgan fingerprint density at radius 3 is 2.43 bits per heavy atom. The van der Waals surface area contributed by atoms with Crippen LogP contribution in [0.2, 0.25) is 0 Å². The molecule has 0 heterocycles. The number of hydrogen-bond donors (Lipinski definition) is 4. The molecule has 0 aliphatic rings. The summed E-state index contributed by atoms with van der Waals surface area (Å²) in [6, 6.07) is -1.05. The van der Waals surface area contributed by atoms with Crippen molar-refractivity contribution in [3.63, 3.8) is 0 Å². The molecule has 0 spiro atoms. The lowest BCUT2D eigenvalue weighted by Gasteiger charge is -2.17. The average molecular weight is 302 g/mol. The van der Waals surface area contributed by atoms with Gasteiger partial charge >= 0.3 is 11.9 Å². The molecular weight excluding hydrogens is 280 g/mol. The summed E-state index contributed by atoms with van der Waals surface area (Å²) < 4.78 is 4.45. The van der Waals surface area contributed by atoms with Gasteiger partial charge in [0.05, 0.1) is 13.5 Å². The van der Waals surface area contributed by atoms with Crippen LogP contribution in [0.1, 0.15) is 26.2 Å². The number of guanidine groups is 1. The molecule has 0 aliphatic heterocycles. The highest BCUT2D eigenvalue weighted by Gasteiger charge is 2.24. The Hall–Kier alpha value is -2.32. The molecule has 0 saturated carbocycles. The molecule has 9 nitrogen and oxygen atoms in total. The minimum Gasteiger partial charge on any atom is -0.480 e. The minimum atomic E-state index is -1.15. The summed E-state index contributed by atoms with van der Waals surface area (Å²) in [7, 11) is 1.22. The molecule has 0 saturated heterocycles. The van der Waals surface area contributed by atoms with E-state index in [0.717, 1.165) is 0 Å². The van der Waals surface area contributed by atoms with E-state index in [2.05, 4.69) is 15.0 Å². The van der Waals surface area contributed by atoms with Crippen molar-refractivity contribution in [1.29, 1.82) is 0 Å². The largest absolute Gasteiger partial charge is 0.480 e. The first-order chi connectivity index (χ1) is 9.77. The molecule has 21 heavy (non-hydrogen) atoms. The Balaban J connectivity index is 4.36. The maximum Gasteiger partial charge on any atom is 0.326 e. The molecule has 1 amide bonds. The van der Waals surface area contributed by atoms with Crippen molar-refractivity contribution in [3.05, 3.63) is 0 Å². The molecule has 9 heteroatoms. The molecule has 0 bridgehead atoms. The molecule has 0 rings (SSSR count). The Labute approximate surface area is 122 Å². The summed E-state index contributed by atoms with van der Waals surface area (Å²) in [4.78, 5) is 37.7. The molecule has 0 aromatic carbocycles. The number of ether oxygens (including phenoxy) is 1. The molecule has 0 aromatic heterocycles. The van der Waals surface area contributed by atoms with Crippen molar-refractivity contribution >= 4 is 23.8 Å². The van der Waals surface area contributed by atoms with Crippen molar-refractivity contribution in [1.82, 2.24) is 5.32 Å². The topological polar surface area (TPSA) is 157 Å². The molecule has 2 atom stereocenters. The van der Waals surface area contributed by atoms with E-state index in [1.54, 1.807) is 0 Å². The van der Waals surface area contributed by atoms with Gasteiger partial charge in [-0.05, 0) is 12.8 Å². The number of amides is 1. The fourth-order valence-corrected chi connectivity index (χ4v) is 1.50. The van der Waals surface area contributed by atoms with E-state index < -0.39 is 29.8 Å². The van der Waals surface area contributed by atoms with Crippen LogP contribution in [-0.2, 0) is 19.1 Å². The van der Waals surface area contributed by atoms with Crippen LogP contribution in [0.5, 0.6) is 0 Å². The molecule has 0 aromatic rings. The van der Waals surface area contributed by atoms with E-state index >= 15 is 0 Å². The van der Waals surface area contributed by atoms with E-state index in [9.17, 15) is 14.4 Å². The summed E-state index contributed by atoms with van der Waals surface area (Å²) >= 11 is 0. The van der Waals surface area contributed by atoms with Gasteiger partial charge in [0.1, 0.15) is 6.04 Å². The van der Waals surface area contributed by atoms with Gasteiger partial charge in [-0.1, -0.05) is 6.92 Å². The number of nitrogens with two attached hydrogens (primary N) is 2. The zero-order valence-corrected chi connectivity index (χ0v) is 12.2. The normalized spacial score (nSPS) is 12.9. The summed E-state index contributed by atoms with van der Waals surface area (Å²) in [5.41, 5.74) is 10.3. The smallest absolute Gasteiger partial charge is 0.326 e. The monoisotopic (exact) mass is 302 g/mol. The number of aliphatic carboxylic acids is 1. The van der Waals surface area contributed by atoms with Gasteiger partial charge in [0.15, 0.2) is 5.96 Å². The van der Waals surface area contributed by atoms with Crippen LogP contribution >= 0.6 is 0 Å². The zero-order valence-electron chi connectivity index (χ0n) is 12.2. The van der Waals surface area contributed by atoms with E-state index in [0.29, 0.717) is 6.42 Å². The predicted molar refractivity (Wildman–Crippen MR) is 75.3 cm³/mol. The van der Waals surface area contributed by atoms with Crippen molar-refractivity contribution in [2.24, 2.45) is 22.4 Å². The zero-order chi connectivity index (χ0) is 16.4. The highest BCUT2D eigenvalue weighted by molar-refractivity contribution is 5.87. The molecule has 1 unspecified atom stereocenters. The second kappa shape index (κ2) is 9.56. The third-order valence-corrected chi connectivity index (χ3v) is 2.71. The van der Waals surface area contributed by atoms with Crippen LogP contribution in [-0.4, -0.2) is 48.6 Å². The molecular formula is C12H22N4O5. The van der Waals surface area contributed by atoms with E-state index in [-0.39, 0.29) is 25.3 Å². The van der Waals surface area contributed by atoms with Gasteiger partial charge < -0.3 is 26.6 Å². The van der Waals surface area contributed by atoms with Crippen LogP contribution in [0.4, 0.5) is 0 Å². The van der Waals surface area contributed by atoms with Gasteiger partial charge in [-0.3, -0.25) is 14.6 Å². The Kier molecular flexibility index (Phi) is 8.51. The van der Waals surface area contributed by atoms with E-state index in [1.807, 2.05) is 0 Å². The number of methoxy groups -OCH3 is 1. The lowest BCUT2D eigenvalue weighted by Crippen LogP contribution is -2.43. The quantitative estimate of drug-likeness (QED) is 0.180. The predicted octanol–water partition coefficient (Wildman–Crippen LogP) is -1.19. The highest BCUT2D eigenvalue weighted by atomic mass is 16.5. The number of carboxylic acid groups (broad SMARTS) is 1. The van der Waals surface area contributed by atoms with Crippen LogP contribution in [0.15, 0.2) is 4.99 Å². The average Bonchev–Trinajstić information content (AvgIpc) is 2.40. The van der Waals surface area contributed by atoms with E-state index in [4.69, 9.17) is 16.6 Å². The van der Waals surface area contributed by atoms with Crippen molar-refractivity contribution in [3.8, 4) is 0 Å². The molecule has 0 fully saturated rings. The first-order valence-corrected chi connectivity index (χ1v) is 6.43. The van der Waals surface area contributed by atoms with Gasteiger partial charge in [0, 0.05) is 12.5 Å². The molecule has 120 valence electrons. The third-order valence-electron chi connectivity index (χ3n) is 2.71. The van der Waals surface area contributed by atoms with Crippen molar-refractivity contribution < 1.29 is 24.2 Å². The first kappa shape index (κ1) is 18.7. The fourth-order valence-electron chi connectivity index (χ4n) is 1.50. The summed E-state index contributed by atoms with van der Waals surface area (Å²) in [6.07, 6.45) is 0.478. The standard InChI is InChI=1S/C12H22N4O5/c1-7(6-9(17)21-2)10(18)16-8(11(19)20)4-3-5-15-12(13)14/h7-8H,3-6H2,1-2H3,(H,16,18)(H,19,20)(H4,13,14,15)/t7?,8-/m0/s1. The Morgan fingerprint density at radius 2 is 1.95 bits per heavy atom. The number of hydrogen-bond acceptors (Lipinski definition) is 5. The second-order valence-corrected chi connectivity index (χ2v) is 4.53. The number of aliphatic imine (C=N–C) groups is 1. The first-order valence-electron chi connectivity index (χ1n) is 6.43. The number of nitrogens with zero attached hydrogens (tertiary/aromatic N) is 1. The number of nitrogens with one attached hydrogen (secondary N) is 1. The minimum absolute atomic E-state index is 0.0717. The Morgan fingerprint density at radius 1 is 1.33 bits per heavy atom. The van der Waals surface area contributed by atoms with Crippen LogP contribution < -0.4 is 16.8 Å². The van der Waals surface area contributed by atoms with E-state index in [1.165, 1.54) is 14.0 Å². The third kappa shape index (κ3) is 8.45. The molecule has 0 radical (unpaired) electrons. The van der Waals surface area contributed by atoms with Gasteiger partial charge in [-0.25, -0.2) is 4.79 Å². The Bertz CT molecular complexity index is 406. The number of carboxylic acids is 1. The maximum absolute atomic E-state index is 11.8. The van der Waals surface area contributed by atoms with Crippen LogP contribution in [0.3, 0.4) is 0 Å². The number of carbonyl (C=O) groups is 3. The second-order valence-electron chi connectivity index (χ2n) is 4.53. The van der Waals surface area contributed by atoms with Gasteiger partial charge in [0.25, 0.3) is 0 Å². The summed E-state index contributed by atoms with van der Waals surface area (Å²) in [5.74, 6) is -2.94. The van der Waals surface area contributed by atoms with Crippen molar-refractivity contribution in [2.45, 2.75) is 32.2 Å². The van der Waals surface area contributed by atoms with Gasteiger partial charge in [-0.2, -0.15) is 0 Å². The SMILES string of the molecule is COC(=O)CC(C)C(=O)N[C@@H](CCCN=C(N)N)C(=O)O. The van der Waals surface area contributed by atoms with Gasteiger partial charge in [0.2, 0.25) is 5.91 Å². The lowest BCUT2D eigenvalue weighted by molar-refractivity contribution is -0.145. The summed E-state index contributed by atoms with van der Waals surface area (Å²) in [6.45, 7) is 1.80. The lowest BCUT2D eigenvalue weighted by atomic mass is 10.1. The molecule has 6 N–H and O–H groups in total. The number of esters is 1. The fraction of sp³-hybridized carbons (Fsp3) is 0.667. The van der Waals surface area contributed by atoms with Crippen molar-refractivity contribution in [2.75, 3.05) is 13.7 Å². The summed E-state index contributed by atoms with van der Waals surface area (Å²) in [5, 5.41) is 11.4. The maximum atomic E-state index is 11.8. The highest BCUT2D eigenvalue weighted by Crippen LogP contribution is 2.06. The van der Waals surface area contributed by atoms with Gasteiger partial charge in [-0.15, -0.1) is 0 Å². The number of carbonyl (C=O) groups excluding carboxylic acids is 2. The van der Waals surface area contributed by atoms with Crippen LogP contribution in [0, 0.1) is 5.92 Å². The molecule has 0 aliphatic carbocycles. The van der Waals surface area contributed by atoms with Crippen LogP contribution in [0.25, 0.3) is 0 Å².